The van der Waals surface area contributed by atoms with Crippen molar-refractivity contribution in [3.05, 3.63) is 57.6 Å². The number of hydrogen-bond acceptors (Lipinski definition) is 12. The van der Waals surface area contributed by atoms with Gasteiger partial charge in [0, 0.05) is 0 Å². The fourth-order valence-corrected chi connectivity index (χ4v) is 5.57. The zero-order valence-electron chi connectivity index (χ0n) is 25.4. The van der Waals surface area contributed by atoms with Crippen LogP contribution < -0.4 is 9.47 Å². The van der Waals surface area contributed by atoms with Crippen molar-refractivity contribution in [3.63, 3.8) is 0 Å². The molecule has 44 heavy (non-hydrogen) atoms. The average Bonchev–Trinajstić information content (AvgIpc) is 3.87. The molecule has 0 aromatic heterocycles. The summed E-state index contributed by atoms with van der Waals surface area (Å²) in [4.78, 5) is 0. The quantitative estimate of drug-likeness (QED) is 0.269. The Hall–Kier alpha value is -2.36. The maximum atomic E-state index is 6.21. The highest BCUT2D eigenvalue weighted by Gasteiger charge is 2.31. The first kappa shape index (κ1) is 31.6. The lowest BCUT2D eigenvalue weighted by Gasteiger charge is -2.22. The van der Waals surface area contributed by atoms with Crippen LogP contribution >= 0.6 is 0 Å². The van der Waals surface area contributed by atoms with Crippen molar-refractivity contribution in [2.75, 3.05) is 92.5 Å². The van der Waals surface area contributed by atoms with Gasteiger partial charge in [0.25, 0.3) is 0 Å². The second kappa shape index (κ2) is 15.8. The summed E-state index contributed by atoms with van der Waals surface area (Å²) in [5, 5.41) is 0. The number of rotatable bonds is 15. The molecular formula is C32H42O12. The van der Waals surface area contributed by atoms with Crippen LogP contribution in [0.25, 0.3) is 0 Å². The SMILES string of the molecule is Cc1cc(C2OCCO2)c(OCCOCCOCCOc2c(C3OCCO3)cc(C)cc2C2OCCO2)c(C2OCCO2)c1. The van der Waals surface area contributed by atoms with Gasteiger partial charge >= 0.3 is 0 Å². The summed E-state index contributed by atoms with van der Waals surface area (Å²) in [5.41, 5.74) is 5.42. The lowest BCUT2D eigenvalue weighted by Crippen LogP contribution is -2.16. The number of benzene rings is 2. The molecule has 2 aromatic carbocycles. The number of aryl methyl sites for hydroxylation is 2. The molecule has 4 aliphatic heterocycles. The van der Waals surface area contributed by atoms with Crippen LogP contribution in [-0.2, 0) is 47.4 Å². The maximum absolute atomic E-state index is 6.21. The van der Waals surface area contributed by atoms with E-state index in [0.717, 1.165) is 33.4 Å². The minimum atomic E-state index is -0.481. The van der Waals surface area contributed by atoms with E-state index in [0.29, 0.717) is 104 Å². The van der Waals surface area contributed by atoms with Crippen molar-refractivity contribution < 1.29 is 56.8 Å². The van der Waals surface area contributed by atoms with Crippen molar-refractivity contribution in [1.82, 2.24) is 0 Å². The molecule has 0 atom stereocenters. The molecule has 0 radical (unpaired) electrons. The van der Waals surface area contributed by atoms with E-state index in [9.17, 15) is 0 Å². The van der Waals surface area contributed by atoms with Gasteiger partial charge in [-0.05, 0) is 49.2 Å². The molecule has 4 fully saturated rings. The Morgan fingerprint density at radius 2 is 0.682 bits per heavy atom. The van der Waals surface area contributed by atoms with Gasteiger partial charge in [-0.15, -0.1) is 0 Å². The standard InChI is InChI=1S/C32H42O12/c1-21-17-23(29-37-9-10-38-29)27(24(18-21)30-39-11-12-40-30)35-7-5-33-3-4-34-6-8-36-28-25(31-41-13-14-42-31)19-22(2)20-26(28)32-43-15-16-44-32/h17-20,29-32H,3-16H2,1-2H3. The number of hydrogen-bond donors (Lipinski definition) is 0. The number of ether oxygens (including phenoxy) is 12. The summed E-state index contributed by atoms with van der Waals surface area (Å²) < 4.78 is 70.2. The minimum Gasteiger partial charge on any atom is -0.490 e. The summed E-state index contributed by atoms with van der Waals surface area (Å²) in [5.74, 6) is 1.31. The van der Waals surface area contributed by atoms with Crippen LogP contribution in [0.3, 0.4) is 0 Å². The second-order valence-electron chi connectivity index (χ2n) is 10.8. The molecular weight excluding hydrogens is 576 g/mol. The van der Waals surface area contributed by atoms with Crippen LogP contribution in [0.5, 0.6) is 11.5 Å². The summed E-state index contributed by atoms with van der Waals surface area (Å²) >= 11 is 0. The Labute approximate surface area is 257 Å². The molecule has 12 heteroatoms. The zero-order chi connectivity index (χ0) is 30.1. The van der Waals surface area contributed by atoms with E-state index in [1.807, 2.05) is 38.1 Å². The fourth-order valence-electron chi connectivity index (χ4n) is 5.57. The lowest BCUT2D eigenvalue weighted by molar-refractivity contribution is -0.0540. The van der Waals surface area contributed by atoms with E-state index < -0.39 is 25.2 Å². The predicted molar refractivity (Wildman–Crippen MR) is 154 cm³/mol. The van der Waals surface area contributed by atoms with E-state index in [4.69, 9.17) is 56.8 Å². The Morgan fingerprint density at radius 1 is 0.432 bits per heavy atom. The molecule has 12 nitrogen and oxygen atoms in total. The first-order chi connectivity index (χ1) is 21.7. The van der Waals surface area contributed by atoms with Crippen LogP contribution in [0.4, 0.5) is 0 Å². The Kier molecular flexibility index (Phi) is 11.3. The minimum absolute atomic E-state index is 0.335. The first-order valence-electron chi connectivity index (χ1n) is 15.3. The highest BCUT2D eigenvalue weighted by molar-refractivity contribution is 5.47. The molecule has 0 spiro atoms. The van der Waals surface area contributed by atoms with Crippen LogP contribution in [0, 0.1) is 13.8 Å². The summed E-state index contributed by atoms with van der Waals surface area (Å²) in [6, 6.07) is 8.07. The molecule has 0 N–H and O–H groups in total. The van der Waals surface area contributed by atoms with Gasteiger partial charge in [0.1, 0.15) is 24.7 Å². The van der Waals surface area contributed by atoms with Crippen molar-refractivity contribution in [1.29, 1.82) is 0 Å². The van der Waals surface area contributed by atoms with E-state index in [-0.39, 0.29) is 0 Å². The Balaban J connectivity index is 0.956. The Bertz CT molecular complexity index is 1030. The van der Waals surface area contributed by atoms with Crippen molar-refractivity contribution in [2.24, 2.45) is 0 Å². The van der Waals surface area contributed by atoms with Gasteiger partial charge in [0.2, 0.25) is 0 Å². The maximum Gasteiger partial charge on any atom is 0.187 e. The van der Waals surface area contributed by atoms with E-state index in [1.165, 1.54) is 0 Å². The molecule has 6 rings (SSSR count). The normalized spacial score (nSPS) is 20.3. The molecule has 0 amide bonds. The third kappa shape index (κ3) is 7.88. The highest BCUT2D eigenvalue weighted by atomic mass is 16.7. The van der Waals surface area contributed by atoms with Gasteiger partial charge in [0.15, 0.2) is 25.2 Å². The van der Waals surface area contributed by atoms with Gasteiger partial charge in [0.05, 0.1) is 102 Å². The van der Waals surface area contributed by atoms with Crippen molar-refractivity contribution in [3.8, 4) is 11.5 Å². The zero-order valence-corrected chi connectivity index (χ0v) is 25.4. The third-order valence-electron chi connectivity index (χ3n) is 7.40. The van der Waals surface area contributed by atoms with Gasteiger partial charge in [-0.25, -0.2) is 0 Å². The van der Waals surface area contributed by atoms with Gasteiger partial charge in [-0.3, -0.25) is 0 Å². The largest absolute Gasteiger partial charge is 0.490 e. The monoisotopic (exact) mass is 618 g/mol. The van der Waals surface area contributed by atoms with Crippen LogP contribution in [-0.4, -0.2) is 92.5 Å². The van der Waals surface area contributed by atoms with Crippen molar-refractivity contribution >= 4 is 0 Å². The van der Waals surface area contributed by atoms with Gasteiger partial charge in [-0.2, -0.15) is 0 Å². The third-order valence-corrected chi connectivity index (χ3v) is 7.40. The molecule has 4 saturated heterocycles. The van der Waals surface area contributed by atoms with Gasteiger partial charge in [-0.1, -0.05) is 0 Å². The molecule has 0 unspecified atom stereocenters. The molecule has 0 bridgehead atoms. The molecule has 4 aliphatic rings. The molecule has 4 heterocycles. The molecule has 0 saturated carbocycles. The molecule has 2 aromatic rings. The smallest absolute Gasteiger partial charge is 0.187 e. The summed E-state index contributed by atoms with van der Waals surface area (Å²) in [6.07, 6.45) is -1.93. The first-order valence-corrected chi connectivity index (χ1v) is 15.3. The van der Waals surface area contributed by atoms with E-state index >= 15 is 0 Å². The predicted octanol–water partition coefficient (Wildman–Crippen LogP) is 3.98. The summed E-state index contributed by atoms with van der Waals surface area (Å²) in [6.45, 7) is 10.6. The Morgan fingerprint density at radius 3 is 0.955 bits per heavy atom. The van der Waals surface area contributed by atoms with E-state index in [1.54, 1.807) is 0 Å². The van der Waals surface area contributed by atoms with E-state index in [2.05, 4.69) is 0 Å². The fraction of sp³-hybridized carbons (Fsp3) is 0.625. The highest BCUT2D eigenvalue weighted by Crippen LogP contribution is 2.41. The van der Waals surface area contributed by atoms with Crippen LogP contribution in [0.15, 0.2) is 24.3 Å². The lowest BCUT2D eigenvalue weighted by atomic mass is 10.0. The van der Waals surface area contributed by atoms with Gasteiger partial charge < -0.3 is 56.8 Å². The second-order valence-corrected chi connectivity index (χ2v) is 10.8. The molecule has 242 valence electrons. The van der Waals surface area contributed by atoms with Crippen molar-refractivity contribution in [2.45, 2.75) is 39.0 Å². The van der Waals surface area contributed by atoms with Crippen LogP contribution in [0.1, 0.15) is 58.5 Å². The molecule has 0 aliphatic carbocycles. The van der Waals surface area contributed by atoms with Crippen LogP contribution in [0.2, 0.25) is 0 Å². The topological polar surface area (TPSA) is 111 Å². The summed E-state index contributed by atoms with van der Waals surface area (Å²) in [7, 11) is 0. The average molecular weight is 619 g/mol.